The minimum atomic E-state index is -4.67. The number of anilines is 2. The van der Waals surface area contributed by atoms with Crippen molar-refractivity contribution in [1.29, 1.82) is 0 Å². The number of piperidine rings is 1. The number of hydrogen-bond acceptors (Lipinski definition) is 5. The van der Waals surface area contributed by atoms with Gasteiger partial charge in [0.1, 0.15) is 12.4 Å². The summed E-state index contributed by atoms with van der Waals surface area (Å²) < 4.78 is 48.5. The minimum Gasteiger partial charge on any atom is -0.492 e. The van der Waals surface area contributed by atoms with Crippen LogP contribution >= 0.6 is 11.6 Å². The van der Waals surface area contributed by atoms with Gasteiger partial charge < -0.3 is 20.1 Å². The molecular formula is C29H31ClF3N3O4. The van der Waals surface area contributed by atoms with Crippen LogP contribution in [0.25, 0.3) is 0 Å². The van der Waals surface area contributed by atoms with Crippen molar-refractivity contribution in [2.24, 2.45) is 0 Å². The third-order valence-electron chi connectivity index (χ3n) is 8.87. The van der Waals surface area contributed by atoms with Crippen molar-refractivity contribution >= 4 is 34.8 Å². The van der Waals surface area contributed by atoms with E-state index in [4.69, 9.17) is 16.3 Å². The number of carbonyl (C=O) groups excluding carboxylic acids is 2. The Morgan fingerprint density at radius 2 is 1.85 bits per heavy atom. The van der Waals surface area contributed by atoms with Gasteiger partial charge in [-0.25, -0.2) is 0 Å². The molecule has 0 unspecified atom stereocenters. The summed E-state index contributed by atoms with van der Waals surface area (Å²) in [6.45, 7) is 3.59. The molecule has 2 aromatic rings. The van der Waals surface area contributed by atoms with Crippen LogP contribution in [-0.4, -0.2) is 59.7 Å². The molecule has 1 saturated heterocycles. The second-order valence-electron chi connectivity index (χ2n) is 11.7. The lowest BCUT2D eigenvalue weighted by molar-refractivity contribution is -0.137. The Balaban J connectivity index is 1.14. The predicted molar refractivity (Wildman–Crippen MR) is 144 cm³/mol. The van der Waals surface area contributed by atoms with E-state index < -0.39 is 28.8 Å². The molecule has 0 aromatic heterocycles. The zero-order valence-corrected chi connectivity index (χ0v) is 22.9. The van der Waals surface area contributed by atoms with Crippen LogP contribution in [0, 0.1) is 0 Å². The number of aliphatic hydroxyl groups is 1. The molecule has 4 aliphatic rings. The molecule has 2 aromatic carbocycles. The number of carbonyl (C=O) groups is 2. The summed E-state index contributed by atoms with van der Waals surface area (Å²) in [6, 6.07) is 7.56. The van der Waals surface area contributed by atoms with Gasteiger partial charge in [0.15, 0.2) is 0 Å². The number of ether oxygens (including phenoxy) is 1. The van der Waals surface area contributed by atoms with Gasteiger partial charge in [-0.3, -0.25) is 14.5 Å². The van der Waals surface area contributed by atoms with Gasteiger partial charge in [0.2, 0.25) is 11.8 Å². The largest absolute Gasteiger partial charge is 0.492 e. The summed E-state index contributed by atoms with van der Waals surface area (Å²) in [7, 11) is 0. The summed E-state index contributed by atoms with van der Waals surface area (Å²) in [5, 5.41) is 13.7. The van der Waals surface area contributed by atoms with Crippen molar-refractivity contribution in [1.82, 2.24) is 4.90 Å². The van der Waals surface area contributed by atoms with Gasteiger partial charge in [0, 0.05) is 29.7 Å². The first-order valence-corrected chi connectivity index (χ1v) is 14.0. The fourth-order valence-electron chi connectivity index (χ4n) is 6.78. The highest BCUT2D eigenvalue weighted by Crippen LogP contribution is 2.48. The Morgan fingerprint density at radius 3 is 2.52 bits per heavy atom. The van der Waals surface area contributed by atoms with Gasteiger partial charge in [0.05, 0.1) is 22.3 Å². The van der Waals surface area contributed by atoms with E-state index in [1.54, 1.807) is 19.1 Å². The Hall–Kier alpha value is -2.82. The lowest BCUT2D eigenvalue weighted by Gasteiger charge is -2.48. The van der Waals surface area contributed by atoms with Gasteiger partial charge in [-0.2, -0.15) is 13.2 Å². The maximum Gasteiger partial charge on any atom is 0.418 e. The number of benzene rings is 2. The highest BCUT2D eigenvalue weighted by molar-refractivity contribution is 6.31. The van der Waals surface area contributed by atoms with Gasteiger partial charge in [0.25, 0.3) is 0 Å². The number of likely N-dealkylation sites (tertiary alicyclic amines) is 1. The predicted octanol–water partition coefficient (Wildman–Crippen LogP) is 4.92. The molecule has 0 bridgehead atoms. The molecule has 2 N–H and O–H groups in total. The number of nitrogens with one attached hydrogen (secondary N) is 1. The standard InChI is InChI=1S/C29H31ClF3N3O4/c1-27(39)15-19(16-27)36-24(37)5-2-17-12-20(14-22(25(17)36)29(31,32)33)40-11-10-35-8-6-28(7-9-35)21-13-18(30)3-4-23(21)34-26(28)38/h3-4,12-14,19,39H,2,5-11,15-16H2,1H3,(H,34,38)/t19-,27+. The Labute approximate surface area is 235 Å². The van der Waals surface area contributed by atoms with E-state index in [9.17, 15) is 27.9 Å². The SMILES string of the molecule is C[C@]1(O)C[C@@H](N2C(=O)CCc3cc(OCCN4CCC5(CC4)C(=O)Nc4ccc(Cl)cc45)cc(C(F)(F)F)c32)C1. The summed E-state index contributed by atoms with van der Waals surface area (Å²) in [5.74, 6) is -0.253. The minimum absolute atomic E-state index is 0.0209. The fourth-order valence-corrected chi connectivity index (χ4v) is 6.96. The van der Waals surface area contributed by atoms with Gasteiger partial charge in [-0.1, -0.05) is 11.6 Å². The van der Waals surface area contributed by atoms with Gasteiger partial charge >= 0.3 is 6.18 Å². The lowest BCUT2D eigenvalue weighted by Crippen LogP contribution is -2.57. The maximum atomic E-state index is 14.2. The first-order valence-electron chi connectivity index (χ1n) is 13.6. The van der Waals surface area contributed by atoms with Crippen LogP contribution in [0.15, 0.2) is 30.3 Å². The van der Waals surface area contributed by atoms with Crippen molar-refractivity contribution in [2.45, 2.75) is 68.7 Å². The smallest absolute Gasteiger partial charge is 0.418 e. The van der Waals surface area contributed by atoms with Crippen molar-refractivity contribution in [3.05, 3.63) is 52.0 Å². The zero-order valence-electron chi connectivity index (χ0n) is 22.1. The van der Waals surface area contributed by atoms with E-state index in [1.165, 1.54) is 4.90 Å². The normalized spacial score (nSPS) is 25.9. The van der Waals surface area contributed by atoms with E-state index in [1.807, 2.05) is 12.1 Å². The Morgan fingerprint density at radius 1 is 1.12 bits per heavy atom. The molecule has 1 spiro atoms. The van der Waals surface area contributed by atoms with E-state index in [0.717, 1.165) is 17.3 Å². The molecule has 2 fully saturated rings. The van der Waals surface area contributed by atoms with Crippen LogP contribution in [0.2, 0.25) is 5.02 Å². The summed E-state index contributed by atoms with van der Waals surface area (Å²) in [6.07, 6.45) is -2.65. The lowest BCUT2D eigenvalue weighted by atomic mass is 9.73. The van der Waals surface area contributed by atoms with E-state index in [0.29, 0.717) is 43.1 Å². The Kier molecular flexibility index (Phi) is 6.59. The first kappa shape index (κ1) is 27.4. The first-order chi connectivity index (χ1) is 18.9. The van der Waals surface area contributed by atoms with Crippen LogP contribution in [-0.2, 0) is 27.6 Å². The second kappa shape index (κ2) is 9.63. The number of alkyl halides is 3. The van der Waals surface area contributed by atoms with Crippen molar-refractivity contribution in [2.75, 3.05) is 36.5 Å². The van der Waals surface area contributed by atoms with Crippen LogP contribution in [0.4, 0.5) is 24.5 Å². The van der Waals surface area contributed by atoms with Gasteiger partial charge in [-0.15, -0.1) is 0 Å². The monoisotopic (exact) mass is 577 g/mol. The van der Waals surface area contributed by atoms with E-state index in [2.05, 4.69) is 10.2 Å². The third-order valence-corrected chi connectivity index (χ3v) is 9.10. The van der Waals surface area contributed by atoms with Crippen LogP contribution in [0.3, 0.4) is 0 Å². The maximum absolute atomic E-state index is 14.2. The van der Waals surface area contributed by atoms with Crippen LogP contribution < -0.4 is 15.0 Å². The van der Waals surface area contributed by atoms with Gasteiger partial charge in [-0.05, 0) is 93.6 Å². The molecule has 6 rings (SSSR count). The molecule has 3 aliphatic heterocycles. The number of amides is 2. The number of aryl methyl sites for hydroxylation is 1. The van der Waals surface area contributed by atoms with E-state index >= 15 is 0 Å². The molecule has 3 heterocycles. The molecule has 2 amide bonds. The van der Waals surface area contributed by atoms with Crippen molar-refractivity contribution < 1.29 is 32.6 Å². The fraction of sp³-hybridized carbons (Fsp3) is 0.517. The molecule has 214 valence electrons. The van der Waals surface area contributed by atoms with Crippen molar-refractivity contribution in [3.8, 4) is 5.75 Å². The summed E-state index contributed by atoms with van der Waals surface area (Å²) >= 11 is 6.20. The molecule has 40 heavy (non-hydrogen) atoms. The molecule has 0 atom stereocenters. The molecule has 7 nitrogen and oxygen atoms in total. The number of hydrogen-bond donors (Lipinski definition) is 2. The number of nitrogens with zero attached hydrogens (tertiary/aromatic N) is 2. The average molecular weight is 578 g/mol. The third kappa shape index (κ3) is 4.73. The topological polar surface area (TPSA) is 82.1 Å². The molecule has 0 radical (unpaired) electrons. The number of fused-ring (bicyclic) bond motifs is 3. The highest BCUT2D eigenvalue weighted by Gasteiger charge is 2.49. The molecule has 11 heteroatoms. The summed E-state index contributed by atoms with van der Waals surface area (Å²) in [4.78, 5) is 29.0. The quantitative estimate of drug-likeness (QED) is 0.527. The van der Waals surface area contributed by atoms with Crippen LogP contribution in [0.1, 0.15) is 55.7 Å². The van der Waals surface area contributed by atoms with Crippen LogP contribution in [0.5, 0.6) is 5.75 Å². The number of rotatable bonds is 5. The second-order valence-corrected chi connectivity index (χ2v) is 12.2. The van der Waals surface area contributed by atoms with E-state index in [-0.39, 0.29) is 55.5 Å². The molecule has 1 aliphatic carbocycles. The number of halogens is 4. The highest BCUT2D eigenvalue weighted by atomic mass is 35.5. The Bertz CT molecular complexity index is 1360. The summed E-state index contributed by atoms with van der Waals surface area (Å²) in [5.41, 5.74) is -0.433. The molecule has 1 saturated carbocycles. The average Bonchev–Trinajstić information content (AvgIpc) is 3.13. The zero-order chi connectivity index (χ0) is 28.4. The van der Waals surface area contributed by atoms with Crippen molar-refractivity contribution in [3.63, 3.8) is 0 Å². The molecular weight excluding hydrogens is 547 g/mol.